The van der Waals surface area contributed by atoms with Gasteiger partial charge in [0.15, 0.2) is 23.0 Å². The van der Waals surface area contributed by atoms with Crippen LogP contribution in [0, 0.1) is 0 Å². The summed E-state index contributed by atoms with van der Waals surface area (Å²) in [5, 5.41) is 0. The summed E-state index contributed by atoms with van der Waals surface area (Å²) >= 11 is 0. The van der Waals surface area contributed by atoms with E-state index in [9.17, 15) is 4.79 Å². The summed E-state index contributed by atoms with van der Waals surface area (Å²) in [5.41, 5.74) is 2.19. The highest BCUT2D eigenvalue weighted by atomic mass is 16.5. The number of ether oxygens (including phenoxy) is 5. The van der Waals surface area contributed by atoms with Gasteiger partial charge in [-0.05, 0) is 61.2 Å². The van der Waals surface area contributed by atoms with E-state index in [1.54, 1.807) is 28.4 Å². The Kier molecular flexibility index (Phi) is 12.2. The van der Waals surface area contributed by atoms with E-state index in [2.05, 4.69) is 30.9 Å². The number of hydrogen-bond donors (Lipinski definition) is 0. The van der Waals surface area contributed by atoms with Gasteiger partial charge in [-0.25, -0.2) is 0 Å². The van der Waals surface area contributed by atoms with Crippen LogP contribution < -0.4 is 18.9 Å². The highest BCUT2D eigenvalue weighted by Crippen LogP contribution is 2.35. The first-order chi connectivity index (χ1) is 17.0. The number of carbonyl (C=O) groups excluding carboxylic acids is 1. The Morgan fingerprint density at radius 2 is 1.43 bits per heavy atom. The minimum atomic E-state index is -0.156. The van der Waals surface area contributed by atoms with Crippen LogP contribution in [0.15, 0.2) is 36.4 Å². The molecule has 0 unspecified atom stereocenters. The van der Waals surface area contributed by atoms with Crippen LogP contribution in [0.2, 0.25) is 0 Å². The zero-order valence-corrected chi connectivity index (χ0v) is 22.1. The van der Waals surface area contributed by atoms with E-state index in [-0.39, 0.29) is 12.0 Å². The third kappa shape index (κ3) is 8.35. The lowest BCUT2D eigenvalue weighted by atomic mass is 9.96. The molecule has 0 fully saturated rings. The first kappa shape index (κ1) is 28.3. The first-order valence-electron chi connectivity index (χ1n) is 12.3. The van der Waals surface area contributed by atoms with Crippen LogP contribution in [0.5, 0.6) is 23.0 Å². The van der Waals surface area contributed by atoms with Crippen LogP contribution in [-0.4, -0.2) is 59.0 Å². The molecule has 2 aromatic carbocycles. The van der Waals surface area contributed by atoms with Crippen molar-refractivity contribution in [3.63, 3.8) is 0 Å². The molecule has 7 nitrogen and oxygen atoms in total. The maximum absolute atomic E-state index is 12.4. The molecule has 194 valence electrons. The average molecular weight is 488 g/mol. The maximum atomic E-state index is 12.4. The zero-order chi connectivity index (χ0) is 25.6. The second kappa shape index (κ2) is 15.1. The highest BCUT2D eigenvalue weighted by molar-refractivity contribution is 5.69. The SMILES string of the molecule is CCCCOC(=O)CCN(CCC)[C@H](Cc1ccc(OC)c(OC)c1)c1ccc(OC)c(OC)c1. The number of benzene rings is 2. The maximum Gasteiger partial charge on any atom is 0.307 e. The summed E-state index contributed by atoms with van der Waals surface area (Å²) in [6.07, 6.45) is 3.92. The van der Waals surface area contributed by atoms with Gasteiger partial charge in [0, 0.05) is 12.6 Å². The van der Waals surface area contributed by atoms with E-state index in [4.69, 9.17) is 23.7 Å². The van der Waals surface area contributed by atoms with Gasteiger partial charge in [0.25, 0.3) is 0 Å². The Balaban J connectivity index is 2.37. The van der Waals surface area contributed by atoms with Crippen molar-refractivity contribution in [1.82, 2.24) is 4.90 Å². The van der Waals surface area contributed by atoms with Crippen molar-refractivity contribution in [2.45, 2.75) is 52.0 Å². The number of esters is 1. The standard InChI is InChI=1S/C28H41NO6/c1-7-9-17-35-28(30)14-16-29(15-8-2)23(22-11-13-25(32-4)27(20-22)34-6)18-21-10-12-24(31-3)26(19-21)33-5/h10-13,19-20,23H,7-9,14-18H2,1-6H3/t23-/m1/s1. The smallest absolute Gasteiger partial charge is 0.307 e. The summed E-state index contributed by atoms with van der Waals surface area (Å²) in [5.74, 6) is 2.59. The van der Waals surface area contributed by atoms with Crippen molar-refractivity contribution in [3.8, 4) is 23.0 Å². The number of carbonyl (C=O) groups is 1. The van der Waals surface area contributed by atoms with E-state index in [1.807, 2.05) is 24.3 Å². The fourth-order valence-corrected chi connectivity index (χ4v) is 4.10. The lowest BCUT2D eigenvalue weighted by molar-refractivity contribution is -0.144. The second-order valence-corrected chi connectivity index (χ2v) is 8.38. The Morgan fingerprint density at radius 1 is 0.800 bits per heavy atom. The molecule has 1 atom stereocenters. The average Bonchev–Trinajstić information content (AvgIpc) is 2.89. The van der Waals surface area contributed by atoms with E-state index in [0.717, 1.165) is 43.4 Å². The minimum absolute atomic E-state index is 0.0105. The highest BCUT2D eigenvalue weighted by Gasteiger charge is 2.23. The molecule has 35 heavy (non-hydrogen) atoms. The molecular weight excluding hydrogens is 446 g/mol. The quantitative estimate of drug-likeness (QED) is 0.230. The van der Waals surface area contributed by atoms with E-state index in [1.165, 1.54) is 0 Å². The predicted octanol–water partition coefficient (Wildman–Crippen LogP) is 5.45. The summed E-state index contributed by atoms with van der Waals surface area (Å²) < 4.78 is 27.4. The largest absolute Gasteiger partial charge is 0.493 e. The number of hydrogen-bond acceptors (Lipinski definition) is 7. The molecule has 0 amide bonds. The second-order valence-electron chi connectivity index (χ2n) is 8.38. The summed E-state index contributed by atoms with van der Waals surface area (Å²) in [6.45, 7) is 6.15. The van der Waals surface area contributed by atoms with Gasteiger partial charge in [0.2, 0.25) is 0 Å². The van der Waals surface area contributed by atoms with Gasteiger partial charge < -0.3 is 23.7 Å². The third-order valence-electron chi connectivity index (χ3n) is 5.99. The zero-order valence-electron chi connectivity index (χ0n) is 22.1. The summed E-state index contributed by atoms with van der Waals surface area (Å²) in [4.78, 5) is 14.7. The van der Waals surface area contributed by atoms with E-state index < -0.39 is 0 Å². The van der Waals surface area contributed by atoms with Crippen LogP contribution in [0.4, 0.5) is 0 Å². The van der Waals surface area contributed by atoms with E-state index in [0.29, 0.717) is 42.6 Å². The monoisotopic (exact) mass is 487 g/mol. The fraction of sp³-hybridized carbons (Fsp3) is 0.536. The molecule has 0 aliphatic heterocycles. The molecule has 0 bridgehead atoms. The number of methoxy groups -OCH3 is 4. The fourth-order valence-electron chi connectivity index (χ4n) is 4.10. The number of rotatable bonds is 16. The summed E-state index contributed by atoms with van der Waals surface area (Å²) in [6, 6.07) is 12.0. The van der Waals surface area contributed by atoms with Crippen LogP contribution in [0.3, 0.4) is 0 Å². The van der Waals surface area contributed by atoms with Crippen LogP contribution in [0.25, 0.3) is 0 Å². The van der Waals surface area contributed by atoms with Gasteiger partial charge in [0.1, 0.15) is 0 Å². The number of unbranched alkanes of at least 4 members (excludes halogenated alkanes) is 1. The molecule has 0 aliphatic rings. The van der Waals surface area contributed by atoms with Gasteiger partial charge in [0.05, 0.1) is 41.5 Å². The Hall–Kier alpha value is -2.93. The molecular formula is C28H41NO6. The molecule has 0 spiro atoms. The van der Waals surface area contributed by atoms with Gasteiger partial charge >= 0.3 is 5.97 Å². The number of nitrogens with zero attached hydrogens (tertiary/aromatic N) is 1. The van der Waals surface area contributed by atoms with Crippen molar-refractivity contribution >= 4 is 5.97 Å². The van der Waals surface area contributed by atoms with Crippen molar-refractivity contribution < 1.29 is 28.5 Å². The molecule has 0 saturated carbocycles. The first-order valence-corrected chi connectivity index (χ1v) is 12.3. The van der Waals surface area contributed by atoms with Crippen molar-refractivity contribution in [1.29, 1.82) is 0 Å². The summed E-state index contributed by atoms with van der Waals surface area (Å²) in [7, 11) is 6.54. The third-order valence-corrected chi connectivity index (χ3v) is 5.99. The molecule has 7 heteroatoms. The molecule has 2 aromatic rings. The Morgan fingerprint density at radius 3 is 2.03 bits per heavy atom. The van der Waals surface area contributed by atoms with Crippen molar-refractivity contribution in [3.05, 3.63) is 47.5 Å². The van der Waals surface area contributed by atoms with Gasteiger partial charge in [-0.15, -0.1) is 0 Å². The van der Waals surface area contributed by atoms with Gasteiger partial charge in [-0.2, -0.15) is 0 Å². The molecule has 0 saturated heterocycles. The topological polar surface area (TPSA) is 66.5 Å². The Labute approximate surface area is 210 Å². The van der Waals surface area contributed by atoms with Crippen LogP contribution in [0.1, 0.15) is 56.7 Å². The lowest BCUT2D eigenvalue weighted by Gasteiger charge is -2.32. The molecule has 0 N–H and O–H groups in total. The minimum Gasteiger partial charge on any atom is -0.493 e. The predicted molar refractivity (Wildman–Crippen MR) is 138 cm³/mol. The molecule has 0 radical (unpaired) electrons. The molecule has 2 rings (SSSR count). The van der Waals surface area contributed by atoms with Gasteiger partial charge in [-0.3, -0.25) is 9.69 Å². The molecule has 0 aliphatic carbocycles. The van der Waals surface area contributed by atoms with Crippen LogP contribution in [-0.2, 0) is 16.0 Å². The Bertz CT molecular complexity index is 916. The lowest BCUT2D eigenvalue weighted by Crippen LogP contribution is -2.33. The van der Waals surface area contributed by atoms with Crippen LogP contribution >= 0.6 is 0 Å². The molecule has 0 aromatic heterocycles. The normalized spacial score (nSPS) is 11.7. The van der Waals surface area contributed by atoms with Gasteiger partial charge in [-0.1, -0.05) is 32.4 Å². The van der Waals surface area contributed by atoms with E-state index >= 15 is 0 Å². The molecule has 0 heterocycles. The van der Waals surface area contributed by atoms with Crippen molar-refractivity contribution in [2.75, 3.05) is 48.1 Å². The van der Waals surface area contributed by atoms with Crippen molar-refractivity contribution in [2.24, 2.45) is 0 Å².